The summed E-state index contributed by atoms with van der Waals surface area (Å²) in [5, 5.41) is 9.82. The van der Waals surface area contributed by atoms with Crippen LogP contribution in [0.3, 0.4) is 0 Å². The maximum atomic E-state index is 2.53. The summed E-state index contributed by atoms with van der Waals surface area (Å²) in [6.45, 7) is 0. The fraction of sp³-hybridized carbons (Fsp3) is 0. The Kier molecular flexibility index (Phi) is 8.28. The van der Waals surface area contributed by atoms with Crippen molar-refractivity contribution in [3.63, 3.8) is 0 Å². The molecule has 0 saturated carbocycles. The summed E-state index contributed by atoms with van der Waals surface area (Å²) in [6.07, 6.45) is 0. The van der Waals surface area contributed by atoms with Crippen LogP contribution in [-0.4, -0.2) is 13.7 Å². The minimum atomic E-state index is 1.13. The van der Waals surface area contributed by atoms with Crippen molar-refractivity contribution in [3.8, 4) is 50.4 Å². The topological polar surface area (TPSA) is 14.8 Å². The van der Waals surface area contributed by atoms with Crippen molar-refractivity contribution in [2.24, 2.45) is 0 Å². The third-order valence-electron chi connectivity index (χ3n) is 14.0. The van der Waals surface area contributed by atoms with Crippen molar-refractivity contribution < 1.29 is 0 Å². The van der Waals surface area contributed by atoms with Crippen LogP contribution in [0.5, 0.6) is 0 Å². The van der Waals surface area contributed by atoms with Gasteiger partial charge in [-0.2, -0.15) is 0 Å². The maximum absolute atomic E-state index is 2.53. The van der Waals surface area contributed by atoms with Gasteiger partial charge in [0.25, 0.3) is 0 Å². The molecule has 3 nitrogen and oxygen atoms in total. The number of para-hydroxylation sites is 3. The number of hydrogen-bond acceptors (Lipinski definition) is 0. The summed E-state index contributed by atoms with van der Waals surface area (Å²) in [4.78, 5) is 0. The third kappa shape index (κ3) is 5.78. The van der Waals surface area contributed by atoms with Gasteiger partial charge in [-0.15, -0.1) is 0 Å². The van der Waals surface area contributed by atoms with Crippen molar-refractivity contribution in [2.75, 3.05) is 0 Å². The first-order valence-corrected chi connectivity index (χ1v) is 23.1. The summed E-state index contributed by atoms with van der Waals surface area (Å²) in [5.41, 5.74) is 17.7. The van der Waals surface area contributed by atoms with Crippen molar-refractivity contribution >= 4 is 76.2 Å². The van der Waals surface area contributed by atoms with Crippen LogP contribution in [0.4, 0.5) is 0 Å². The second-order valence-corrected chi connectivity index (χ2v) is 17.7. The molecule has 0 radical (unpaired) electrons. The monoisotopic (exact) mass is 851 g/mol. The highest BCUT2D eigenvalue weighted by Gasteiger charge is 2.25. The fourth-order valence-electron chi connectivity index (χ4n) is 11.0. The lowest BCUT2D eigenvalue weighted by Crippen LogP contribution is -1.97. The van der Waals surface area contributed by atoms with Crippen LogP contribution in [0.2, 0.25) is 0 Å². The van der Waals surface area contributed by atoms with Crippen molar-refractivity contribution in [2.45, 2.75) is 0 Å². The molecule has 0 bridgehead atoms. The molecule has 0 atom stereocenters. The van der Waals surface area contributed by atoms with Crippen LogP contribution in [0.1, 0.15) is 0 Å². The number of fused-ring (bicyclic) bond motifs is 11. The van der Waals surface area contributed by atoms with Gasteiger partial charge in [0.2, 0.25) is 0 Å². The highest BCUT2D eigenvalue weighted by Crippen LogP contribution is 2.48. The van der Waals surface area contributed by atoms with Gasteiger partial charge in [0, 0.05) is 54.9 Å². The first kappa shape index (κ1) is 37.5. The number of aromatic nitrogens is 3. The van der Waals surface area contributed by atoms with E-state index in [9.17, 15) is 0 Å². The Hall–Kier alpha value is -8.92. The lowest BCUT2D eigenvalue weighted by molar-refractivity contribution is 1.17. The predicted molar refractivity (Wildman–Crippen MR) is 283 cm³/mol. The fourth-order valence-corrected chi connectivity index (χ4v) is 11.0. The van der Waals surface area contributed by atoms with Gasteiger partial charge >= 0.3 is 0 Å². The standard InChI is InChI=1S/C64H41N3/c1-4-17-42(18-5-1)44-31-34-50(35-32-44)67-61-40-47-22-11-10-21-46(47)38-56(61)57-41-54(63-62(64(57)67)53-28-13-15-30-59(53)66(63)49-24-8-3-9-25-49)48-33-36-60-55(39-48)52-27-12-14-29-58(52)65(60)51-26-16-23-45(37-51)43-19-6-2-7-20-43/h1-41H. The lowest BCUT2D eigenvalue weighted by Gasteiger charge is -2.15. The van der Waals surface area contributed by atoms with Crippen LogP contribution in [0.15, 0.2) is 249 Å². The second-order valence-electron chi connectivity index (χ2n) is 17.7. The lowest BCUT2D eigenvalue weighted by atomic mass is 9.96. The molecule has 11 aromatic carbocycles. The van der Waals surface area contributed by atoms with Crippen molar-refractivity contribution in [3.05, 3.63) is 249 Å². The van der Waals surface area contributed by atoms with Gasteiger partial charge in [-0.25, -0.2) is 0 Å². The molecule has 0 spiro atoms. The molecule has 312 valence electrons. The zero-order chi connectivity index (χ0) is 44.0. The van der Waals surface area contributed by atoms with E-state index >= 15 is 0 Å². The van der Waals surface area contributed by atoms with Gasteiger partial charge in [-0.1, -0.05) is 170 Å². The van der Waals surface area contributed by atoms with Crippen LogP contribution >= 0.6 is 0 Å². The Morgan fingerprint density at radius 3 is 1.48 bits per heavy atom. The Morgan fingerprint density at radius 2 is 0.731 bits per heavy atom. The first-order valence-electron chi connectivity index (χ1n) is 23.1. The SMILES string of the molecule is c1ccc(-c2ccc(-n3c4cc5ccccc5cc4c4cc(-c5ccc6c(c5)c5ccccc5n6-c5cccc(-c6ccccc6)c5)c5c(c6ccccc6n5-c5ccccc5)c43)cc2)cc1. The summed E-state index contributed by atoms with van der Waals surface area (Å²) in [6, 6.07) is 91.3. The molecule has 0 aliphatic rings. The Morgan fingerprint density at radius 1 is 0.224 bits per heavy atom. The summed E-state index contributed by atoms with van der Waals surface area (Å²) < 4.78 is 7.46. The average molecular weight is 852 g/mol. The van der Waals surface area contributed by atoms with E-state index in [0.29, 0.717) is 0 Å². The second kappa shape index (κ2) is 14.8. The Bertz CT molecular complexity index is 4230. The van der Waals surface area contributed by atoms with E-state index in [0.717, 1.165) is 17.1 Å². The van der Waals surface area contributed by atoms with Gasteiger partial charge in [0.1, 0.15) is 0 Å². The summed E-state index contributed by atoms with van der Waals surface area (Å²) >= 11 is 0. The van der Waals surface area contributed by atoms with E-state index in [1.807, 2.05) is 0 Å². The molecule has 0 saturated heterocycles. The molecule has 14 aromatic rings. The minimum Gasteiger partial charge on any atom is -0.309 e. The molecule has 0 amide bonds. The van der Waals surface area contributed by atoms with E-state index < -0.39 is 0 Å². The predicted octanol–water partition coefficient (Wildman–Crippen LogP) is 17.1. The molecule has 3 aromatic heterocycles. The summed E-state index contributed by atoms with van der Waals surface area (Å²) in [7, 11) is 0. The highest BCUT2D eigenvalue weighted by molar-refractivity contribution is 6.30. The largest absolute Gasteiger partial charge is 0.309 e. The van der Waals surface area contributed by atoms with Crippen LogP contribution < -0.4 is 0 Å². The van der Waals surface area contributed by atoms with Crippen LogP contribution in [0, 0.1) is 0 Å². The van der Waals surface area contributed by atoms with Crippen LogP contribution in [0.25, 0.3) is 127 Å². The molecule has 67 heavy (non-hydrogen) atoms. The highest BCUT2D eigenvalue weighted by atomic mass is 15.0. The smallest absolute Gasteiger partial charge is 0.0641 e. The van der Waals surface area contributed by atoms with Crippen molar-refractivity contribution in [1.29, 1.82) is 0 Å². The van der Waals surface area contributed by atoms with Gasteiger partial charge in [-0.3, -0.25) is 0 Å². The van der Waals surface area contributed by atoms with E-state index in [1.54, 1.807) is 0 Å². The van der Waals surface area contributed by atoms with Gasteiger partial charge in [0.15, 0.2) is 0 Å². The quantitative estimate of drug-likeness (QED) is 0.158. The zero-order valence-electron chi connectivity index (χ0n) is 36.5. The number of rotatable bonds is 6. The van der Waals surface area contributed by atoms with Gasteiger partial charge < -0.3 is 13.7 Å². The molecule has 0 fully saturated rings. The normalized spacial score (nSPS) is 11.9. The van der Waals surface area contributed by atoms with E-state index in [4.69, 9.17) is 0 Å². The number of hydrogen-bond donors (Lipinski definition) is 0. The minimum absolute atomic E-state index is 1.13. The maximum Gasteiger partial charge on any atom is 0.0641 e. The molecule has 14 rings (SSSR count). The molecule has 0 aliphatic carbocycles. The van der Waals surface area contributed by atoms with E-state index in [2.05, 4.69) is 262 Å². The van der Waals surface area contributed by atoms with Crippen LogP contribution in [-0.2, 0) is 0 Å². The van der Waals surface area contributed by atoms with E-state index in [1.165, 1.54) is 110 Å². The van der Waals surface area contributed by atoms with Gasteiger partial charge in [-0.05, 0) is 117 Å². The molecule has 0 N–H and O–H groups in total. The third-order valence-corrected chi connectivity index (χ3v) is 14.0. The number of benzene rings is 11. The molecular weight excluding hydrogens is 811 g/mol. The zero-order valence-corrected chi connectivity index (χ0v) is 36.5. The molecular formula is C64H41N3. The first-order chi connectivity index (χ1) is 33.2. The summed E-state index contributed by atoms with van der Waals surface area (Å²) in [5.74, 6) is 0. The average Bonchev–Trinajstić information content (AvgIpc) is 4.04. The Labute approximate surface area is 387 Å². The molecule has 0 unspecified atom stereocenters. The molecule has 3 heteroatoms. The molecule has 3 heterocycles. The molecule has 0 aliphatic heterocycles. The van der Waals surface area contributed by atoms with E-state index in [-0.39, 0.29) is 0 Å². The Balaban J connectivity index is 1.10. The van der Waals surface area contributed by atoms with Gasteiger partial charge in [0.05, 0.1) is 33.1 Å². The number of nitrogens with zero attached hydrogens (tertiary/aromatic N) is 3. The van der Waals surface area contributed by atoms with Crippen molar-refractivity contribution in [1.82, 2.24) is 13.7 Å².